The fourth-order valence-electron chi connectivity index (χ4n) is 1.43. The van der Waals surface area contributed by atoms with Gasteiger partial charge in [0.25, 0.3) is 0 Å². The molecule has 1 amide bonds. The van der Waals surface area contributed by atoms with Gasteiger partial charge >= 0.3 is 0 Å². The van der Waals surface area contributed by atoms with Crippen LogP contribution in [0.5, 0.6) is 5.75 Å². The van der Waals surface area contributed by atoms with Crippen molar-refractivity contribution in [2.45, 2.75) is 6.42 Å². The number of primary amides is 1. The Hall–Kier alpha value is -1.79. The highest BCUT2D eigenvalue weighted by Crippen LogP contribution is 2.22. The molecule has 0 aliphatic heterocycles. The number of carbonyl (C=O) groups is 1. The number of methoxy groups -OCH3 is 1. The van der Waals surface area contributed by atoms with Crippen LogP contribution in [0.4, 0.5) is 5.69 Å². The number of hydrogen-bond donors (Lipinski definition) is 2. The van der Waals surface area contributed by atoms with Gasteiger partial charge in [0.2, 0.25) is 5.91 Å². The first-order chi connectivity index (χ1) is 9.15. The van der Waals surface area contributed by atoms with Crippen LogP contribution in [0.3, 0.4) is 0 Å². The van der Waals surface area contributed by atoms with Gasteiger partial charge in [-0.15, -0.1) is 0 Å². The van der Waals surface area contributed by atoms with Gasteiger partial charge in [-0.25, -0.2) is 0 Å². The molecule has 0 aliphatic carbocycles. The Bertz CT molecular complexity index is 410. The molecule has 6 nitrogen and oxygen atoms in total. The van der Waals surface area contributed by atoms with Crippen molar-refractivity contribution < 1.29 is 19.0 Å². The Morgan fingerprint density at radius 2 is 2.00 bits per heavy atom. The maximum absolute atomic E-state index is 11.0. The van der Waals surface area contributed by atoms with Gasteiger partial charge in [0, 0.05) is 25.9 Å². The zero-order chi connectivity index (χ0) is 14.1. The highest BCUT2D eigenvalue weighted by molar-refractivity contribution is 5.93. The summed E-state index contributed by atoms with van der Waals surface area (Å²) in [7, 11) is 1.65. The van der Waals surface area contributed by atoms with Gasteiger partial charge in [-0.2, -0.15) is 0 Å². The molecule has 1 rings (SSSR count). The van der Waals surface area contributed by atoms with E-state index in [1.165, 1.54) is 6.07 Å². The molecular weight excluding hydrogens is 248 g/mol. The van der Waals surface area contributed by atoms with Crippen LogP contribution in [0.2, 0.25) is 0 Å². The average Bonchev–Trinajstić information content (AvgIpc) is 2.39. The molecule has 1 aromatic carbocycles. The Morgan fingerprint density at radius 3 is 2.68 bits per heavy atom. The van der Waals surface area contributed by atoms with E-state index in [2.05, 4.69) is 0 Å². The topological polar surface area (TPSA) is 96.8 Å². The first kappa shape index (κ1) is 15.3. The number of benzene rings is 1. The Morgan fingerprint density at radius 1 is 1.21 bits per heavy atom. The predicted molar refractivity (Wildman–Crippen MR) is 72.2 cm³/mol. The highest BCUT2D eigenvalue weighted by atomic mass is 16.5. The van der Waals surface area contributed by atoms with Gasteiger partial charge in [0.05, 0.1) is 12.3 Å². The van der Waals surface area contributed by atoms with Crippen molar-refractivity contribution in [3.63, 3.8) is 0 Å². The van der Waals surface area contributed by atoms with Gasteiger partial charge in [0.15, 0.2) is 0 Å². The molecular formula is C13H20N2O4. The third kappa shape index (κ3) is 5.58. The summed E-state index contributed by atoms with van der Waals surface area (Å²) in [5.41, 5.74) is 11.7. The van der Waals surface area contributed by atoms with E-state index in [1.807, 2.05) is 0 Å². The van der Waals surface area contributed by atoms with Crippen LogP contribution in [0.15, 0.2) is 18.2 Å². The monoisotopic (exact) mass is 268 g/mol. The van der Waals surface area contributed by atoms with Crippen LogP contribution in [0.1, 0.15) is 16.8 Å². The molecule has 0 unspecified atom stereocenters. The number of anilines is 1. The lowest BCUT2D eigenvalue weighted by atomic mass is 10.2. The van der Waals surface area contributed by atoms with E-state index in [0.717, 1.165) is 6.42 Å². The lowest BCUT2D eigenvalue weighted by Crippen LogP contribution is -2.13. The maximum Gasteiger partial charge on any atom is 0.248 e. The second-order valence-electron chi connectivity index (χ2n) is 3.92. The Balaban J connectivity index is 2.32. The van der Waals surface area contributed by atoms with Crippen LogP contribution in [0.25, 0.3) is 0 Å². The Labute approximate surface area is 112 Å². The van der Waals surface area contributed by atoms with Crippen molar-refractivity contribution in [3.05, 3.63) is 23.8 Å². The van der Waals surface area contributed by atoms with Gasteiger partial charge < -0.3 is 25.7 Å². The number of amides is 1. The molecule has 0 saturated carbocycles. The van der Waals surface area contributed by atoms with Crippen LogP contribution in [0, 0.1) is 0 Å². The molecule has 1 aromatic rings. The molecule has 0 fully saturated rings. The molecule has 0 heterocycles. The molecule has 0 aromatic heterocycles. The molecule has 0 radical (unpaired) electrons. The van der Waals surface area contributed by atoms with E-state index in [4.69, 9.17) is 25.7 Å². The first-order valence-electron chi connectivity index (χ1n) is 6.04. The molecule has 0 saturated heterocycles. The molecule has 4 N–H and O–H groups in total. The van der Waals surface area contributed by atoms with E-state index in [0.29, 0.717) is 43.4 Å². The van der Waals surface area contributed by atoms with E-state index < -0.39 is 5.91 Å². The third-order valence-corrected chi connectivity index (χ3v) is 2.42. The smallest absolute Gasteiger partial charge is 0.248 e. The van der Waals surface area contributed by atoms with Crippen LogP contribution >= 0.6 is 0 Å². The number of rotatable bonds is 9. The summed E-state index contributed by atoms with van der Waals surface area (Å²) in [5.74, 6) is -0.0718. The van der Waals surface area contributed by atoms with Crippen molar-refractivity contribution in [1.29, 1.82) is 0 Å². The van der Waals surface area contributed by atoms with Crippen molar-refractivity contribution in [1.82, 2.24) is 0 Å². The molecule has 6 heteroatoms. The molecule has 0 spiro atoms. The lowest BCUT2D eigenvalue weighted by Gasteiger charge is -2.10. The standard InChI is InChI=1S/C13H20N2O4/c1-17-5-2-6-18-7-8-19-12-9-10(13(15)16)3-4-11(12)14/h3-4,9H,2,5-8,14H2,1H3,(H2,15,16). The molecule has 19 heavy (non-hydrogen) atoms. The maximum atomic E-state index is 11.0. The lowest BCUT2D eigenvalue weighted by molar-refractivity contribution is 0.0808. The van der Waals surface area contributed by atoms with Crippen molar-refractivity contribution in [2.24, 2.45) is 5.73 Å². The Kier molecular flexibility index (Phi) is 6.70. The molecule has 0 atom stereocenters. The summed E-state index contributed by atoms with van der Waals surface area (Å²) >= 11 is 0. The minimum Gasteiger partial charge on any atom is -0.489 e. The summed E-state index contributed by atoms with van der Waals surface area (Å²) in [6.45, 7) is 2.10. The summed E-state index contributed by atoms with van der Waals surface area (Å²) < 4.78 is 15.7. The number of nitrogens with two attached hydrogens (primary N) is 2. The SMILES string of the molecule is COCCCOCCOc1cc(C(N)=O)ccc1N. The molecule has 0 bridgehead atoms. The van der Waals surface area contributed by atoms with E-state index in [9.17, 15) is 4.79 Å². The average molecular weight is 268 g/mol. The second-order valence-corrected chi connectivity index (χ2v) is 3.92. The van der Waals surface area contributed by atoms with Crippen LogP contribution in [-0.4, -0.2) is 39.4 Å². The predicted octanol–water partition coefficient (Wildman–Crippen LogP) is 0.800. The quantitative estimate of drug-likeness (QED) is 0.510. The van der Waals surface area contributed by atoms with E-state index in [1.54, 1.807) is 19.2 Å². The number of ether oxygens (including phenoxy) is 3. The normalized spacial score (nSPS) is 10.4. The van der Waals surface area contributed by atoms with Gasteiger partial charge in [0.1, 0.15) is 12.4 Å². The summed E-state index contributed by atoms with van der Waals surface area (Å²) in [6.07, 6.45) is 0.843. The van der Waals surface area contributed by atoms with Gasteiger partial charge in [-0.05, 0) is 24.6 Å². The zero-order valence-corrected chi connectivity index (χ0v) is 11.1. The molecule has 106 valence electrons. The van der Waals surface area contributed by atoms with Crippen LogP contribution < -0.4 is 16.2 Å². The largest absolute Gasteiger partial charge is 0.489 e. The molecule has 0 aliphatic rings. The van der Waals surface area contributed by atoms with Crippen molar-refractivity contribution >= 4 is 11.6 Å². The zero-order valence-electron chi connectivity index (χ0n) is 11.1. The fourth-order valence-corrected chi connectivity index (χ4v) is 1.43. The fraction of sp³-hybridized carbons (Fsp3) is 0.462. The second kappa shape index (κ2) is 8.34. The number of nitrogen functional groups attached to an aromatic ring is 1. The van der Waals surface area contributed by atoms with E-state index in [-0.39, 0.29) is 0 Å². The summed E-state index contributed by atoms with van der Waals surface area (Å²) in [6, 6.07) is 4.68. The van der Waals surface area contributed by atoms with Crippen molar-refractivity contribution in [3.8, 4) is 5.75 Å². The van der Waals surface area contributed by atoms with Crippen LogP contribution in [-0.2, 0) is 9.47 Å². The van der Waals surface area contributed by atoms with Gasteiger partial charge in [-0.1, -0.05) is 0 Å². The minimum atomic E-state index is -0.513. The third-order valence-electron chi connectivity index (χ3n) is 2.42. The number of carbonyl (C=O) groups excluding carboxylic acids is 1. The summed E-state index contributed by atoms with van der Waals surface area (Å²) in [5, 5.41) is 0. The van der Waals surface area contributed by atoms with E-state index >= 15 is 0 Å². The van der Waals surface area contributed by atoms with Gasteiger partial charge in [-0.3, -0.25) is 4.79 Å². The number of hydrogen-bond acceptors (Lipinski definition) is 5. The highest BCUT2D eigenvalue weighted by Gasteiger charge is 2.06. The first-order valence-corrected chi connectivity index (χ1v) is 6.04. The summed E-state index contributed by atoms with van der Waals surface area (Å²) in [4.78, 5) is 11.0. The minimum absolute atomic E-state index is 0.361. The van der Waals surface area contributed by atoms with Crippen molar-refractivity contribution in [2.75, 3.05) is 39.3 Å².